The molecule has 0 N–H and O–H groups in total. The molecular formula is C29H26O7. The summed E-state index contributed by atoms with van der Waals surface area (Å²) in [5.74, 6) is 1.68. The molecule has 0 fully saturated rings. The van der Waals surface area contributed by atoms with Crippen LogP contribution in [-0.4, -0.2) is 34.2 Å². The van der Waals surface area contributed by atoms with Gasteiger partial charge in [-0.05, 0) is 42.8 Å². The molecular weight excluding hydrogens is 460 g/mol. The zero-order chi connectivity index (χ0) is 25.8. The number of allylic oxidation sites excluding steroid dienone is 1. The number of ketones is 1. The Morgan fingerprint density at radius 1 is 0.833 bits per heavy atom. The van der Waals surface area contributed by atoms with Gasteiger partial charge in [0.1, 0.15) is 17.1 Å². The lowest BCUT2D eigenvalue weighted by molar-refractivity contribution is 0.104. The molecule has 0 unspecified atom stereocenters. The summed E-state index contributed by atoms with van der Waals surface area (Å²) >= 11 is 0. The summed E-state index contributed by atoms with van der Waals surface area (Å²) in [5, 5.41) is 0.303. The standard InChI is InChI=1S/C29H26O7/c1-17-26(31)20-12-14-22(32-2)25(28(20)36-27(17)19-9-7-6-8-10-19)21(30)13-11-18-15-23(33-3)29(35-5)24(16-18)34-4/h6-16H,1-5H3/b13-11+. The van der Waals surface area contributed by atoms with Crippen molar-refractivity contribution >= 4 is 22.8 Å². The Bertz CT molecular complexity index is 1490. The number of benzene rings is 3. The molecule has 0 aliphatic heterocycles. The Morgan fingerprint density at radius 2 is 1.47 bits per heavy atom. The molecule has 0 spiro atoms. The first-order valence-corrected chi connectivity index (χ1v) is 11.2. The largest absolute Gasteiger partial charge is 0.496 e. The summed E-state index contributed by atoms with van der Waals surface area (Å²) in [6.07, 6.45) is 3.01. The Hall–Kier alpha value is -4.52. The Morgan fingerprint density at radius 3 is 2.06 bits per heavy atom. The van der Waals surface area contributed by atoms with Gasteiger partial charge < -0.3 is 23.4 Å². The monoisotopic (exact) mass is 486 g/mol. The van der Waals surface area contributed by atoms with Crippen LogP contribution in [0.3, 0.4) is 0 Å². The van der Waals surface area contributed by atoms with Gasteiger partial charge in [0.15, 0.2) is 28.3 Å². The fourth-order valence-electron chi connectivity index (χ4n) is 4.05. The fraction of sp³-hybridized carbons (Fsp3) is 0.172. The van der Waals surface area contributed by atoms with Crippen LogP contribution in [0, 0.1) is 6.92 Å². The Balaban J connectivity index is 1.87. The van der Waals surface area contributed by atoms with Gasteiger partial charge in [0, 0.05) is 11.1 Å². The third-order valence-electron chi connectivity index (χ3n) is 5.87. The molecule has 3 aromatic carbocycles. The summed E-state index contributed by atoms with van der Waals surface area (Å²) in [7, 11) is 6.02. The van der Waals surface area contributed by atoms with E-state index in [1.807, 2.05) is 30.3 Å². The maximum absolute atomic E-state index is 13.5. The molecule has 1 aromatic heterocycles. The van der Waals surface area contributed by atoms with Gasteiger partial charge in [-0.15, -0.1) is 0 Å². The van der Waals surface area contributed by atoms with Crippen LogP contribution in [-0.2, 0) is 0 Å². The van der Waals surface area contributed by atoms with Gasteiger partial charge >= 0.3 is 0 Å². The van der Waals surface area contributed by atoms with E-state index in [-0.39, 0.29) is 16.6 Å². The normalized spacial score (nSPS) is 11.0. The van der Waals surface area contributed by atoms with E-state index in [4.69, 9.17) is 23.4 Å². The number of carbonyl (C=O) groups excluding carboxylic acids is 1. The van der Waals surface area contributed by atoms with Crippen molar-refractivity contribution in [2.24, 2.45) is 0 Å². The number of rotatable bonds is 8. The van der Waals surface area contributed by atoms with E-state index in [9.17, 15) is 9.59 Å². The third-order valence-corrected chi connectivity index (χ3v) is 5.87. The molecule has 0 saturated carbocycles. The summed E-state index contributed by atoms with van der Waals surface area (Å²) in [4.78, 5) is 26.7. The van der Waals surface area contributed by atoms with Crippen LogP contribution < -0.4 is 24.4 Å². The first kappa shape index (κ1) is 24.6. The summed E-state index contributed by atoms with van der Waals surface area (Å²) in [6.45, 7) is 1.71. The predicted molar refractivity (Wildman–Crippen MR) is 139 cm³/mol. The van der Waals surface area contributed by atoms with Gasteiger partial charge in [-0.2, -0.15) is 0 Å². The van der Waals surface area contributed by atoms with Crippen LogP contribution in [0.1, 0.15) is 21.5 Å². The van der Waals surface area contributed by atoms with E-state index >= 15 is 0 Å². The van der Waals surface area contributed by atoms with Crippen molar-refractivity contribution in [3.05, 3.63) is 87.6 Å². The number of ether oxygens (including phenoxy) is 4. The van der Waals surface area contributed by atoms with Crippen molar-refractivity contribution in [2.75, 3.05) is 28.4 Å². The molecule has 0 bridgehead atoms. The van der Waals surface area contributed by atoms with Gasteiger partial charge in [0.05, 0.1) is 33.8 Å². The Kier molecular flexibility index (Phi) is 7.10. The molecule has 0 amide bonds. The SMILES string of the molecule is COc1cc(/C=C/C(=O)c2c(OC)ccc3c(=O)c(C)c(-c4ccccc4)oc23)cc(OC)c1OC. The topological polar surface area (TPSA) is 84.2 Å². The van der Waals surface area contributed by atoms with E-state index in [1.165, 1.54) is 34.5 Å². The molecule has 0 saturated heterocycles. The highest BCUT2D eigenvalue weighted by Gasteiger charge is 2.21. The highest BCUT2D eigenvalue weighted by atomic mass is 16.5. The van der Waals surface area contributed by atoms with Crippen LogP contribution >= 0.6 is 0 Å². The van der Waals surface area contributed by atoms with Gasteiger partial charge in [0.2, 0.25) is 5.75 Å². The summed E-state index contributed by atoms with van der Waals surface area (Å²) < 4.78 is 27.8. The second kappa shape index (κ2) is 10.4. The van der Waals surface area contributed by atoms with E-state index < -0.39 is 5.78 Å². The van der Waals surface area contributed by atoms with Crippen LogP contribution in [0.2, 0.25) is 0 Å². The number of carbonyl (C=O) groups is 1. The van der Waals surface area contributed by atoms with Crippen LogP contribution in [0.25, 0.3) is 28.4 Å². The van der Waals surface area contributed by atoms with Gasteiger partial charge in [0.25, 0.3) is 0 Å². The van der Waals surface area contributed by atoms with E-state index in [1.54, 1.807) is 37.3 Å². The predicted octanol–water partition coefficient (Wildman–Crippen LogP) is 5.70. The van der Waals surface area contributed by atoms with Crippen molar-refractivity contribution in [1.29, 1.82) is 0 Å². The van der Waals surface area contributed by atoms with Crippen molar-refractivity contribution in [2.45, 2.75) is 6.92 Å². The van der Waals surface area contributed by atoms with Crippen molar-refractivity contribution in [3.63, 3.8) is 0 Å². The molecule has 184 valence electrons. The first-order chi connectivity index (χ1) is 17.4. The molecule has 7 nitrogen and oxygen atoms in total. The highest BCUT2D eigenvalue weighted by molar-refractivity contribution is 6.15. The molecule has 0 aliphatic rings. The summed E-state index contributed by atoms with van der Waals surface area (Å²) in [6, 6.07) is 16.0. The third kappa shape index (κ3) is 4.43. The maximum atomic E-state index is 13.5. The lowest BCUT2D eigenvalue weighted by Crippen LogP contribution is -2.10. The molecule has 7 heteroatoms. The maximum Gasteiger partial charge on any atom is 0.203 e. The highest BCUT2D eigenvalue weighted by Crippen LogP contribution is 2.39. The smallest absolute Gasteiger partial charge is 0.203 e. The zero-order valence-electron chi connectivity index (χ0n) is 20.7. The van der Waals surface area contributed by atoms with Crippen molar-refractivity contribution in [1.82, 2.24) is 0 Å². The van der Waals surface area contributed by atoms with E-state index in [0.717, 1.165) is 5.56 Å². The Labute approximate surface area is 208 Å². The minimum Gasteiger partial charge on any atom is -0.496 e. The minimum atomic E-state index is -0.391. The molecule has 0 aliphatic carbocycles. The number of hydrogen-bond donors (Lipinski definition) is 0. The lowest BCUT2D eigenvalue weighted by Gasteiger charge is -2.13. The molecule has 4 rings (SSSR count). The average molecular weight is 487 g/mol. The lowest BCUT2D eigenvalue weighted by atomic mass is 10.0. The van der Waals surface area contributed by atoms with E-state index in [2.05, 4.69) is 0 Å². The number of fused-ring (bicyclic) bond motifs is 1. The quantitative estimate of drug-likeness (QED) is 0.233. The second-order valence-electron chi connectivity index (χ2n) is 7.93. The van der Waals surface area contributed by atoms with Crippen LogP contribution in [0.4, 0.5) is 0 Å². The first-order valence-electron chi connectivity index (χ1n) is 11.2. The van der Waals surface area contributed by atoms with Crippen molar-refractivity contribution < 1.29 is 28.2 Å². The van der Waals surface area contributed by atoms with Gasteiger partial charge in [-0.25, -0.2) is 0 Å². The average Bonchev–Trinajstić information content (AvgIpc) is 2.92. The van der Waals surface area contributed by atoms with Crippen LogP contribution in [0.5, 0.6) is 23.0 Å². The minimum absolute atomic E-state index is 0.160. The van der Waals surface area contributed by atoms with Gasteiger partial charge in [-0.1, -0.05) is 36.4 Å². The molecule has 36 heavy (non-hydrogen) atoms. The molecule has 4 aromatic rings. The molecule has 0 atom stereocenters. The molecule has 1 heterocycles. The van der Waals surface area contributed by atoms with E-state index in [0.29, 0.717) is 45.3 Å². The molecule has 0 radical (unpaired) electrons. The van der Waals surface area contributed by atoms with Crippen molar-refractivity contribution in [3.8, 4) is 34.3 Å². The summed E-state index contributed by atoms with van der Waals surface area (Å²) in [5.41, 5.74) is 1.98. The second-order valence-corrected chi connectivity index (χ2v) is 7.93. The fourth-order valence-corrected chi connectivity index (χ4v) is 4.05. The van der Waals surface area contributed by atoms with Gasteiger partial charge in [-0.3, -0.25) is 9.59 Å². The number of methoxy groups -OCH3 is 4. The van der Waals surface area contributed by atoms with Crippen LogP contribution in [0.15, 0.2) is 69.9 Å². The zero-order valence-corrected chi connectivity index (χ0v) is 20.7. The number of hydrogen-bond acceptors (Lipinski definition) is 7.